The number of phenolic OH excluding ortho intramolecular Hbond substituents is 1. The number of halogens is 2. The molecule has 1 aromatic rings. The molecule has 120 valence electrons. The zero-order valence-electron chi connectivity index (χ0n) is 12.3. The van der Waals surface area contributed by atoms with E-state index in [-0.39, 0.29) is 30.9 Å². The highest BCUT2D eigenvalue weighted by Crippen LogP contribution is 2.33. The number of rotatable bonds is 6. The van der Waals surface area contributed by atoms with Crippen LogP contribution in [0.5, 0.6) is 11.5 Å². The monoisotopic (exact) mass is 318 g/mol. The van der Waals surface area contributed by atoms with Crippen molar-refractivity contribution in [1.82, 2.24) is 10.2 Å². The molecule has 0 aliphatic carbocycles. The lowest BCUT2D eigenvalue weighted by Crippen LogP contribution is -2.45. The minimum absolute atomic E-state index is 0. The number of piperazine rings is 1. The summed E-state index contributed by atoms with van der Waals surface area (Å²) < 4.78 is 18.3. The predicted octanol–water partition coefficient (Wildman–Crippen LogP) is 2.52. The van der Waals surface area contributed by atoms with Crippen molar-refractivity contribution in [3.63, 3.8) is 0 Å². The first-order valence-electron chi connectivity index (χ1n) is 7.22. The van der Waals surface area contributed by atoms with Gasteiger partial charge in [-0.2, -0.15) is 0 Å². The van der Waals surface area contributed by atoms with Crippen LogP contribution in [-0.2, 0) is 0 Å². The van der Waals surface area contributed by atoms with E-state index in [4.69, 9.17) is 4.74 Å². The van der Waals surface area contributed by atoms with Crippen molar-refractivity contribution in [2.24, 2.45) is 0 Å². The number of ether oxygens (including phenoxy) is 1. The standard InChI is InChI=1S/C15H23FN2O2.ClH/c1-2-20-15-11-12(3-4-14(15)19)13(5-6-16)18-9-7-17-8-10-18;/h3-4,11,13,17,19H,2,5-10H2,1H3;1H/t13-;/m0./s1. The van der Waals surface area contributed by atoms with Gasteiger partial charge >= 0.3 is 0 Å². The van der Waals surface area contributed by atoms with Gasteiger partial charge in [-0.15, -0.1) is 12.4 Å². The maximum absolute atomic E-state index is 12.9. The number of hydrogen-bond donors (Lipinski definition) is 2. The summed E-state index contributed by atoms with van der Waals surface area (Å²) in [5, 5.41) is 13.1. The van der Waals surface area contributed by atoms with Crippen molar-refractivity contribution in [2.45, 2.75) is 19.4 Å². The fourth-order valence-corrected chi connectivity index (χ4v) is 2.67. The maximum Gasteiger partial charge on any atom is 0.161 e. The van der Waals surface area contributed by atoms with Gasteiger partial charge in [0.15, 0.2) is 11.5 Å². The zero-order chi connectivity index (χ0) is 14.4. The molecule has 1 aromatic carbocycles. The Balaban J connectivity index is 0.00000220. The van der Waals surface area contributed by atoms with Crippen LogP contribution in [0, 0.1) is 0 Å². The van der Waals surface area contributed by atoms with Crippen LogP contribution in [0.2, 0.25) is 0 Å². The molecule has 0 aromatic heterocycles. The summed E-state index contributed by atoms with van der Waals surface area (Å²) in [6, 6.07) is 5.37. The molecule has 1 aliphatic rings. The maximum atomic E-state index is 12.9. The summed E-state index contributed by atoms with van der Waals surface area (Å²) in [7, 11) is 0. The van der Waals surface area contributed by atoms with Crippen LogP contribution in [0.4, 0.5) is 4.39 Å². The Kier molecular flexibility index (Phi) is 7.78. The van der Waals surface area contributed by atoms with Gasteiger partial charge in [0.05, 0.1) is 13.3 Å². The van der Waals surface area contributed by atoms with Gasteiger partial charge in [0.2, 0.25) is 0 Å². The molecule has 0 unspecified atom stereocenters. The summed E-state index contributed by atoms with van der Waals surface area (Å²) in [5.41, 5.74) is 1.01. The van der Waals surface area contributed by atoms with Crippen molar-refractivity contribution in [2.75, 3.05) is 39.5 Å². The Morgan fingerprint density at radius 3 is 2.71 bits per heavy atom. The number of hydrogen-bond acceptors (Lipinski definition) is 4. The molecular formula is C15H24ClFN2O2. The molecule has 1 aliphatic heterocycles. The Morgan fingerprint density at radius 2 is 2.10 bits per heavy atom. The molecule has 4 nitrogen and oxygen atoms in total. The minimum Gasteiger partial charge on any atom is -0.504 e. The number of alkyl halides is 1. The van der Waals surface area contributed by atoms with Crippen molar-refractivity contribution >= 4 is 12.4 Å². The lowest BCUT2D eigenvalue weighted by Gasteiger charge is -2.35. The van der Waals surface area contributed by atoms with E-state index in [0.29, 0.717) is 18.8 Å². The van der Waals surface area contributed by atoms with E-state index in [0.717, 1.165) is 31.7 Å². The third kappa shape index (κ3) is 4.73. The molecule has 1 saturated heterocycles. The van der Waals surface area contributed by atoms with Crippen LogP contribution in [-0.4, -0.2) is 49.5 Å². The van der Waals surface area contributed by atoms with Gasteiger partial charge in [0, 0.05) is 32.2 Å². The highest BCUT2D eigenvalue weighted by molar-refractivity contribution is 5.85. The summed E-state index contributed by atoms with van der Waals surface area (Å²) in [6.45, 7) is 5.71. The van der Waals surface area contributed by atoms with Gasteiger partial charge in [-0.25, -0.2) is 0 Å². The molecule has 2 N–H and O–H groups in total. The Morgan fingerprint density at radius 1 is 1.38 bits per heavy atom. The molecule has 0 spiro atoms. The normalized spacial score (nSPS) is 17.0. The van der Waals surface area contributed by atoms with Crippen molar-refractivity contribution < 1.29 is 14.2 Å². The Bertz CT molecular complexity index is 428. The van der Waals surface area contributed by atoms with E-state index >= 15 is 0 Å². The second-order valence-electron chi connectivity index (χ2n) is 4.94. The number of nitrogens with one attached hydrogen (secondary N) is 1. The second-order valence-corrected chi connectivity index (χ2v) is 4.94. The fourth-order valence-electron chi connectivity index (χ4n) is 2.67. The number of aromatic hydroxyl groups is 1. The molecule has 2 rings (SSSR count). The highest BCUT2D eigenvalue weighted by atomic mass is 35.5. The third-order valence-corrected chi connectivity index (χ3v) is 3.64. The van der Waals surface area contributed by atoms with E-state index in [1.54, 1.807) is 6.07 Å². The smallest absolute Gasteiger partial charge is 0.161 e. The van der Waals surface area contributed by atoms with E-state index < -0.39 is 0 Å². The molecule has 21 heavy (non-hydrogen) atoms. The predicted molar refractivity (Wildman–Crippen MR) is 84.3 cm³/mol. The molecule has 1 atom stereocenters. The molecule has 0 saturated carbocycles. The van der Waals surface area contributed by atoms with Crippen molar-refractivity contribution in [3.8, 4) is 11.5 Å². The summed E-state index contributed by atoms with van der Waals surface area (Å²) in [4.78, 5) is 2.29. The molecule has 0 radical (unpaired) electrons. The minimum atomic E-state index is -0.348. The average molecular weight is 319 g/mol. The molecule has 0 amide bonds. The van der Waals surface area contributed by atoms with E-state index in [9.17, 15) is 9.50 Å². The quantitative estimate of drug-likeness (QED) is 0.846. The van der Waals surface area contributed by atoms with Crippen LogP contribution in [0.3, 0.4) is 0 Å². The summed E-state index contributed by atoms with van der Waals surface area (Å²) in [5.74, 6) is 0.610. The van der Waals surface area contributed by atoms with E-state index in [1.165, 1.54) is 0 Å². The third-order valence-electron chi connectivity index (χ3n) is 3.64. The van der Waals surface area contributed by atoms with Gasteiger partial charge in [-0.3, -0.25) is 9.29 Å². The zero-order valence-corrected chi connectivity index (χ0v) is 13.2. The second kappa shape index (κ2) is 9.07. The molecule has 6 heteroatoms. The lowest BCUT2D eigenvalue weighted by atomic mass is 10.0. The van der Waals surface area contributed by atoms with Crippen LogP contribution in [0.15, 0.2) is 18.2 Å². The SMILES string of the molecule is CCOc1cc([C@H](CCF)N2CCNCC2)ccc1O.Cl. The Labute approximate surface area is 131 Å². The van der Waals surface area contributed by atoms with Gasteiger partial charge in [0.1, 0.15) is 0 Å². The average Bonchev–Trinajstić information content (AvgIpc) is 2.48. The van der Waals surface area contributed by atoms with Crippen LogP contribution >= 0.6 is 12.4 Å². The van der Waals surface area contributed by atoms with Gasteiger partial charge in [-0.1, -0.05) is 6.07 Å². The first-order valence-corrected chi connectivity index (χ1v) is 7.22. The largest absolute Gasteiger partial charge is 0.504 e. The fraction of sp³-hybridized carbons (Fsp3) is 0.600. The molecular weight excluding hydrogens is 295 g/mol. The topological polar surface area (TPSA) is 44.7 Å². The van der Waals surface area contributed by atoms with Crippen LogP contribution in [0.1, 0.15) is 24.9 Å². The number of phenols is 1. The first-order chi connectivity index (χ1) is 9.76. The summed E-state index contributed by atoms with van der Waals surface area (Å²) in [6.07, 6.45) is 0.469. The molecule has 0 bridgehead atoms. The van der Waals surface area contributed by atoms with E-state index in [1.807, 2.05) is 19.1 Å². The van der Waals surface area contributed by atoms with Gasteiger partial charge in [0.25, 0.3) is 0 Å². The first kappa shape index (κ1) is 18.0. The van der Waals surface area contributed by atoms with Crippen LogP contribution < -0.4 is 10.1 Å². The molecule has 1 fully saturated rings. The van der Waals surface area contributed by atoms with Crippen molar-refractivity contribution in [3.05, 3.63) is 23.8 Å². The van der Waals surface area contributed by atoms with Gasteiger partial charge < -0.3 is 15.2 Å². The van der Waals surface area contributed by atoms with E-state index in [2.05, 4.69) is 10.2 Å². The van der Waals surface area contributed by atoms with Crippen molar-refractivity contribution in [1.29, 1.82) is 0 Å². The van der Waals surface area contributed by atoms with Crippen LogP contribution in [0.25, 0.3) is 0 Å². The highest BCUT2D eigenvalue weighted by Gasteiger charge is 2.22. The molecule has 1 heterocycles. The Hall–Kier alpha value is -1.04. The lowest BCUT2D eigenvalue weighted by molar-refractivity contribution is 0.157. The summed E-state index contributed by atoms with van der Waals surface area (Å²) >= 11 is 0. The number of nitrogens with zero attached hydrogens (tertiary/aromatic N) is 1. The number of benzene rings is 1. The van der Waals surface area contributed by atoms with Gasteiger partial charge in [-0.05, 0) is 31.0 Å².